The lowest BCUT2D eigenvalue weighted by molar-refractivity contribution is -0.120. The number of nitrogens with zero attached hydrogens (tertiary/aromatic N) is 3. The van der Waals surface area contributed by atoms with Gasteiger partial charge in [0.25, 0.3) is 0 Å². The Morgan fingerprint density at radius 3 is 2.36 bits per heavy atom. The van der Waals surface area contributed by atoms with Crippen LogP contribution in [0.25, 0.3) is 0 Å². The molecule has 1 fully saturated rings. The van der Waals surface area contributed by atoms with E-state index in [1.165, 1.54) is 0 Å². The van der Waals surface area contributed by atoms with Crippen LogP contribution in [-0.4, -0.2) is 29.0 Å². The van der Waals surface area contributed by atoms with Crippen LogP contribution in [-0.2, 0) is 4.79 Å². The molecule has 1 aliphatic rings. The Morgan fingerprint density at radius 1 is 1.12 bits per heavy atom. The molecule has 1 saturated heterocycles. The van der Waals surface area contributed by atoms with Gasteiger partial charge in [0.05, 0.1) is 5.69 Å². The topological polar surface area (TPSA) is 58.1 Å². The van der Waals surface area contributed by atoms with Crippen LogP contribution in [0, 0.1) is 26.7 Å². The third-order valence-electron chi connectivity index (χ3n) is 4.50. The van der Waals surface area contributed by atoms with Crippen LogP contribution in [0.4, 0.5) is 11.6 Å². The molecule has 25 heavy (non-hydrogen) atoms. The van der Waals surface area contributed by atoms with E-state index in [9.17, 15) is 4.79 Å². The molecular formula is C19H23BrN4O. The summed E-state index contributed by atoms with van der Waals surface area (Å²) in [5, 5.41) is 3.04. The number of aryl methyl sites for hydroxylation is 3. The summed E-state index contributed by atoms with van der Waals surface area (Å²) < 4.78 is 0.918. The molecule has 0 unspecified atom stereocenters. The summed E-state index contributed by atoms with van der Waals surface area (Å²) in [6, 6.07) is 7.93. The number of benzene rings is 1. The van der Waals surface area contributed by atoms with Crippen molar-refractivity contribution in [3.05, 3.63) is 45.7 Å². The monoisotopic (exact) mass is 402 g/mol. The number of anilines is 2. The summed E-state index contributed by atoms with van der Waals surface area (Å²) in [5.41, 5.74) is 3.94. The predicted molar refractivity (Wildman–Crippen MR) is 104 cm³/mol. The van der Waals surface area contributed by atoms with E-state index in [1.807, 2.05) is 45.0 Å². The summed E-state index contributed by atoms with van der Waals surface area (Å²) in [6.07, 6.45) is 1.62. The normalized spacial score (nSPS) is 15.3. The first-order chi connectivity index (χ1) is 11.9. The highest BCUT2D eigenvalue weighted by molar-refractivity contribution is 9.10. The second kappa shape index (κ2) is 7.52. The fourth-order valence-corrected chi connectivity index (χ4v) is 3.74. The van der Waals surface area contributed by atoms with E-state index in [4.69, 9.17) is 0 Å². The number of halogens is 1. The Bertz CT molecular complexity index is 765. The largest absolute Gasteiger partial charge is 0.341 e. The van der Waals surface area contributed by atoms with E-state index < -0.39 is 0 Å². The molecule has 6 heteroatoms. The zero-order valence-electron chi connectivity index (χ0n) is 14.8. The van der Waals surface area contributed by atoms with E-state index in [0.717, 1.165) is 59.0 Å². The number of carbonyl (C=O) groups excluding carboxylic acids is 1. The molecule has 0 spiro atoms. The van der Waals surface area contributed by atoms with Crippen LogP contribution in [0.15, 0.2) is 28.7 Å². The van der Waals surface area contributed by atoms with Gasteiger partial charge in [0.2, 0.25) is 11.9 Å². The molecule has 1 aliphatic heterocycles. The molecule has 1 N–H and O–H groups in total. The number of piperidine rings is 1. The van der Waals surface area contributed by atoms with E-state index in [1.54, 1.807) is 0 Å². The number of rotatable bonds is 3. The molecule has 0 aliphatic carbocycles. The second-order valence-electron chi connectivity index (χ2n) is 6.68. The fourth-order valence-electron chi connectivity index (χ4n) is 3.15. The number of nitrogens with one attached hydrogen (secondary N) is 1. The van der Waals surface area contributed by atoms with Crippen molar-refractivity contribution in [3.63, 3.8) is 0 Å². The molecule has 1 amide bonds. The van der Waals surface area contributed by atoms with E-state index in [2.05, 4.69) is 36.1 Å². The first-order valence-corrected chi connectivity index (χ1v) is 9.36. The van der Waals surface area contributed by atoms with Gasteiger partial charge in [-0.2, -0.15) is 0 Å². The molecule has 0 bridgehead atoms. The maximum atomic E-state index is 12.6. The van der Waals surface area contributed by atoms with Gasteiger partial charge in [0, 0.05) is 34.9 Å². The van der Waals surface area contributed by atoms with Gasteiger partial charge in [-0.25, -0.2) is 9.97 Å². The lowest BCUT2D eigenvalue weighted by Gasteiger charge is -2.31. The van der Waals surface area contributed by atoms with Gasteiger partial charge in [-0.15, -0.1) is 0 Å². The average Bonchev–Trinajstić information content (AvgIpc) is 2.56. The smallest absolute Gasteiger partial charge is 0.227 e. The third-order valence-corrected chi connectivity index (χ3v) is 5.16. The van der Waals surface area contributed by atoms with Crippen molar-refractivity contribution in [1.29, 1.82) is 0 Å². The summed E-state index contributed by atoms with van der Waals surface area (Å²) in [6.45, 7) is 7.60. The van der Waals surface area contributed by atoms with Crippen molar-refractivity contribution < 1.29 is 4.79 Å². The molecular weight excluding hydrogens is 380 g/mol. The van der Waals surface area contributed by atoms with E-state index >= 15 is 0 Å². The van der Waals surface area contributed by atoms with Crippen LogP contribution >= 0.6 is 15.9 Å². The summed E-state index contributed by atoms with van der Waals surface area (Å²) in [5.74, 6) is 0.888. The minimum atomic E-state index is 0.0235. The molecule has 1 aromatic heterocycles. The first kappa shape index (κ1) is 17.9. The van der Waals surface area contributed by atoms with Crippen molar-refractivity contribution in [2.75, 3.05) is 23.3 Å². The number of aromatic nitrogens is 2. The second-order valence-corrected chi connectivity index (χ2v) is 7.54. The fraction of sp³-hybridized carbons (Fsp3) is 0.421. The van der Waals surface area contributed by atoms with Gasteiger partial charge in [-0.1, -0.05) is 6.07 Å². The maximum absolute atomic E-state index is 12.6. The zero-order chi connectivity index (χ0) is 18.0. The Kier molecular flexibility index (Phi) is 5.37. The maximum Gasteiger partial charge on any atom is 0.227 e. The minimum absolute atomic E-state index is 0.0235. The van der Waals surface area contributed by atoms with Gasteiger partial charge >= 0.3 is 0 Å². The molecule has 2 aromatic rings. The van der Waals surface area contributed by atoms with Crippen molar-refractivity contribution in [2.24, 2.45) is 5.92 Å². The van der Waals surface area contributed by atoms with Gasteiger partial charge in [-0.3, -0.25) is 4.79 Å². The standard InChI is InChI=1S/C19H23BrN4O/c1-12-4-5-17(16(20)10-12)23-18(25)15-6-8-24(9-7-15)19-21-13(2)11-14(3)22-19/h4-5,10-11,15H,6-9H2,1-3H3,(H,23,25). The number of hydrogen-bond donors (Lipinski definition) is 1. The quantitative estimate of drug-likeness (QED) is 0.841. The first-order valence-electron chi connectivity index (χ1n) is 8.56. The SMILES string of the molecule is Cc1ccc(NC(=O)C2CCN(c3nc(C)cc(C)n3)CC2)c(Br)c1. The zero-order valence-corrected chi connectivity index (χ0v) is 16.4. The lowest BCUT2D eigenvalue weighted by atomic mass is 9.96. The van der Waals surface area contributed by atoms with Crippen LogP contribution in [0.2, 0.25) is 0 Å². The molecule has 2 heterocycles. The van der Waals surface area contributed by atoms with Gasteiger partial charge in [0.15, 0.2) is 0 Å². The van der Waals surface area contributed by atoms with Gasteiger partial charge in [-0.05, 0) is 73.3 Å². The number of carbonyl (C=O) groups is 1. The highest BCUT2D eigenvalue weighted by Gasteiger charge is 2.26. The van der Waals surface area contributed by atoms with Gasteiger partial charge < -0.3 is 10.2 Å². The van der Waals surface area contributed by atoms with E-state index in [-0.39, 0.29) is 11.8 Å². The van der Waals surface area contributed by atoms with Crippen LogP contribution < -0.4 is 10.2 Å². The summed E-state index contributed by atoms with van der Waals surface area (Å²) in [4.78, 5) is 23.8. The van der Waals surface area contributed by atoms with Crippen molar-refractivity contribution >= 4 is 33.5 Å². The lowest BCUT2D eigenvalue weighted by Crippen LogP contribution is -2.39. The van der Waals surface area contributed by atoms with E-state index in [0.29, 0.717) is 0 Å². The van der Waals surface area contributed by atoms with Crippen LogP contribution in [0.1, 0.15) is 29.8 Å². The Labute approximate surface area is 157 Å². The molecule has 3 rings (SSSR count). The minimum Gasteiger partial charge on any atom is -0.341 e. The molecule has 0 atom stereocenters. The highest BCUT2D eigenvalue weighted by atomic mass is 79.9. The molecule has 132 valence electrons. The summed E-state index contributed by atoms with van der Waals surface area (Å²) >= 11 is 3.51. The summed E-state index contributed by atoms with van der Waals surface area (Å²) in [7, 11) is 0. The van der Waals surface area contributed by atoms with Crippen LogP contribution in [0.5, 0.6) is 0 Å². The highest BCUT2D eigenvalue weighted by Crippen LogP contribution is 2.26. The Hall–Kier alpha value is -1.95. The molecule has 0 saturated carbocycles. The Morgan fingerprint density at radius 2 is 1.76 bits per heavy atom. The third kappa shape index (κ3) is 4.37. The average molecular weight is 403 g/mol. The predicted octanol–water partition coefficient (Wildman–Crippen LogP) is 4.02. The van der Waals surface area contributed by atoms with Crippen molar-refractivity contribution in [1.82, 2.24) is 9.97 Å². The molecule has 1 aromatic carbocycles. The molecule has 0 radical (unpaired) electrons. The molecule has 5 nitrogen and oxygen atoms in total. The number of amides is 1. The van der Waals surface area contributed by atoms with Gasteiger partial charge in [0.1, 0.15) is 0 Å². The number of hydrogen-bond acceptors (Lipinski definition) is 4. The Balaban J connectivity index is 1.60. The van der Waals surface area contributed by atoms with Crippen LogP contribution in [0.3, 0.4) is 0 Å². The van der Waals surface area contributed by atoms with Crippen molar-refractivity contribution in [2.45, 2.75) is 33.6 Å². The van der Waals surface area contributed by atoms with Crippen molar-refractivity contribution in [3.8, 4) is 0 Å².